The van der Waals surface area contributed by atoms with Crippen LogP contribution in [0.4, 0.5) is 0 Å². The Morgan fingerprint density at radius 2 is 2.05 bits per heavy atom. The minimum atomic E-state index is -0.480. The minimum Gasteiger partial charge on any atom is -0.378 e. The maximum absolute atomic E-state index is 12.4. The lowest BCUT2D eigenvalue weighted by Gasteiger charge is -2.33. The SMILES string of the molecule is CCC(NC(=O)[C@H]1NCCO[C@@H]1C)C(=O)N1CCOCC1. The number of nitrogens with one attached hydrogen (secondary N) is 2. The molecule has 2 rings (SSSR count). The molecule has 0 radical (unpaired) electrons. The molecule has 3 atom stereocenters. The topological polar surface area (TPSA) is 79.9 Å². The average Bonchev–Trinajstić information content (AvgIpc) is 2.53. The van der Waals surface area contributed by atoms with Crippen molar-refractivity contribution in [3.8, 4) is 0 Å². The smallest absolute Gasteiger partial charge is 0.245 e. The van der Waals surface area contributed by atoms with Crippen LogP contribution in [0, 0.1) is 0 Å². The van der Waals surface area contributed by atoms with Crippen molar-refractivity contribution < 1.29 is 19.1 Å². The van der Waals surface area contributed by atoms with Crippen LogP contribution >= 0.6 is 0 Å². The van der Waals surface area contributed by atoms with Crippen molar-refractivity contribution >= 4 is 11.8 Å². The first-order valence-corrected chi connectivity index (χ1v) is 7.65. The third-order valence-corrected chi connectivity index (χ3v) is 3.94. The second-order valence-corrected chi connectivity index (χ2v) is 5.41. The van der Waals surface area contributed by atoms with Crippen LogP contribution in [0.2, 0.25) is 0 Å². The van der Waals surface area contributed by atoms with Crippen molar-refractivity contribution in [2.45, 2.75) is 38.5 Å². The molecule has 7 nitrogen and oxygen atoms in total. The van der Waals surface area contributed by atoms with Crippen molar-refractivity contribution in [2.24, 2.45) is 0 Å². The standard InChI is InChI=1S/C14H25N3O4/c1-3-11(14(19)17-5-8-20-9-6-17)16-13(18)12-10(2)21-7-4-15-12/h10-12,15H,3-9H2,1-2H3,(H,16,18)/t10-,11?,12+/m1/s1. The Bertz CT molecular complexity index is 371. The van der Waals surface area contributed by atoms with Crippen LogP contribution in [0.3, 0.4) is 0 Å². The first-order chi connectivity index (χ1) is 10.1. The van der Waals surface area contributed by atoms with E-state index in [-0.39, 0.29) is 17.9 Å². The van der Waals surface area contributed by atoms with Crippen LogP contribution in [0.15, 0.2) is 0 Å². The van der Waals surface area contributed by atoms with E-state index >= 15 is 0 Å². The second kappa shape index (κ2) is 7.72. The number of hydrogen-bond donors (Lipinski definition) is 2. The van der Waals surface area contributed by atoms with E-state index in [2.05, 4.69) is 10.6 Å². The maximum atomic E-state index is 12.4. The van der Waals surface area contributed by atoms with Crippen molar-refractivity contribution in [1.82, 2.24) is 15.5 Å². The van der Waals surface area contributed by atoms with Crippen molar-refractivity contribution in [1.29, 1.82) is 0 Å². The normalized spacial score (nSPS) is 28.0. The molecule has 2 saturated heterocycles. The Morgan fingerprint density at radius 1 is 1.33 bits per heavy atom. The van der Waals surface area contributed by atoms with E-state index in [4.69, 9.17) is 9.47 Å². The molecule has 21 heavy (non-hydrogen) atoms. The van der Waals surface area contributed by atoms with E-state index in [1.165, 1.54) is 0 Å². The highest BCUT2D eigenvalue weighted by Crippen LogP contribution is 2.07. The number of rotatable bonds is 4. The molecule has 2 aliphatic heterocycles. The van der Waals surface area contributed by atoms with Crippen LogP contribution in [0.25, 0.3) is 0 Å². The van der Waals surface area contributed by atoms with Crippen LogP contribution in [0.5, 0.6) is 0 Å². The molecule has 2 N–H and O–H groups in total. The van der Waals surface area contributed by atoms with Crippen molar-refractivity contribution in [2.75, 3.05) is 39.5 Å². The lowest BCUT2D eigenvalue weighted by atomic mass is 10.1. The molecule has 0 aromatic rings. The Balaban J connectivity index is 1.91. The predicted molar refractivity (Wildman–Crippen MR) is 76.8 cm³/mol. The molecule has 2 fully saturated rings. The number of carbonyl (C=O) groups excluding carboxylic acids is 2. The van der Waals surface area contributed by atoms with Crippen LogP contribution < -0.4 is 10.6 Å². The van der Waals surface area contributed by atoms with Crippen molar-refractivity contribution in [3.05, 3.63) is 0 Å². The largest absolute Gasteiger partial charge is 0.378 e. The third kappa shape index (κ3) is 4.15. The molecular weight excluding hydrogens is 274 g/mol. The molecule has 0 aliphatic carbocycles. The second-order valence-electron chi connectivity index (χ2n) is 5.41. The van der Waals surface area contributed by atoms with Crippen molar-refractivity contribution in [3.63, 3.8) is 0 Å². The fourth-order valence-electron chi connectivity index (χ4n) is 2.63. The summed E-state index contributed by atoms with van der Waals surface area (Å²) in [5.41, 5.74) is 0. The quantitative estimate of drug-likeness (QED) is 0.704. The summed E-state index contributed by atoms with van der Waals surface area (Å²) in [6.45, 7) is 7.32. The lowest BCUT2D eigenvalue weighted by Crippen LogP contribution is -2.59. The summed E-state index contributed by atoms with van der Waals surface area (Å²) in [7, 11) is 0. The Morgan fingerprint density at radius 3 is 2.67 bits per heavy atom. The maximum Gasteiger partial charge on any atom is 0.245 e. The summed E-state index contributed by atoms with van der Waals surface area (Å²) in [5.74, 6) is -0.200. The Labute approximate surface area is 125 Å². The van der Waals surface area contributed by atoms with Gasteiger partial charge in [0.2, 0.25) is 11.8 Å². The van der Waals surface area contributed by atoms with Gasteiger partial charge in [0.1, 0.15) is 12.1 Å². The summed E-state index contributed by atoms with van der Waals surface area (Å²) < 4.78 is 10.7. The van der Waals surface area contributed by atoms with Crippen LogP contribution in [-0.2, 0) is 19.1 Å². The molecule has 0 bridgehead atoms. The highest BCUT2D eigenvalue weighted by molar-refractivity contribution is 5.90. The van der Waals surface area contributed by atoms with Gasteiger partial charge in [-0.1, -0.05) is 6.92 Å². The van der Waals surface area contributed by atoms with Gasteiger partial charge in [0, 0.05) is 19.6 Å². The predicted octanol–water partition coefficient (Wildman–Crippen LogP) is -0.883. The summed E-state index contributed by atoms with van der Waals surface area (Å²) in [6, 6.07) is -0.878. The van der Waals surface area contributed by atoms with E-state index in [1.54, 1.807) is 4.90 Å². The van der Waals surface area contributed by atoms with Gasteiger partial charge in [-0.3, -0.25) is 9.59 Å². The van der Waals surface area contributed by atoms with E-state index in [0.29, 0.717) is 45.9 Å². The molecule has 2 amide bonds. The molecule has 1 unspecified atom stereocenters. The highest BCUT2D eigenvalue weighted by Gasteiger charge is 2.32. The van der Waals surface area contributed by atoms with Gasteiger partial charge in [0.15, 0.2) is 0 Å². The number of carbonyl (C=O) groups is 2. The fraction of sp³-hybridized carbons (Fsp3) is 0.857. The van der Waals surface area contributed by atoms with E-state index < -0.39 is 12.1 Å². The first kappa shape index (κ1) is 16.2. The molecule has 0 spiro atoms. The Kier molecular flexibility index (Phi) is 5.96. The van der Waals surface area contributed by atoms with Gasteiger partial charge in [-0.15, -0.1) is 0 Å². The molecule has 0 saturated carbocycles. The Hall–Kier alpha value is -1.18. The highest BCUT2D eigenvalue weighted by atomic mass is 16.5. The molecule has 7 heteroatoms. The van der Waals surface area contributed by atoms with Gasteiger partial charge in [0.05, 0.1) is 25.9 Å². The van der Waals surface area contributed by atoms with Gasteiger partial charge in [-0.25, -0.2) is 0 Å². The van der Waals surface area contributed by atoms with E-state index in [0.717, 1.165) is 0 Å². The molecule has 120 valence electrons. The monoisotopic (exact) mass is 299 g/mol. The van der Waals surface area contributed by atoms with E-state index in [1.807, 2.05) is 13.8 Å². The number of hydrogen-bond acceptors (Lipinski definition) is 5. The van der Waals surface area contributed by atoms with E-state index in [9.17, 15) is 9.59 Å². The summed E-state index contributed by atoms with van der Waals surface area (Å²) in [5, 5.41) is 5.99. The molecule has 2 aliphatic rings. The third-order valence-electron chi connectivity index (χ3n) is 3.94. The molecule has 0 aromatic heterocycles. The van der Waals surface area contributed by atoms with Gasteiger partial charge < -0.3 is 25.0 Å². The molecule has 2 heterocycles. The summed E-state index contributed by atoms with van der Waals surface area (Å²) in [4.78, 5) is 26.5. The van der Waals surface area contributed by atoms with Crippen LogP contribution in [0.1, 0.15) is 20.3 Å². The zero-order valence-electron chi connectivity index (χ0n) is 12.8. The number of amides is 2. The number of morpholine rings is 2. The van der Waals surface area contributed by atoms with Gasteiger partial charge in [-0.2, -0.15) is 0 Å². The number of ether oxygens (including phenoxy) is 2. The zero-order chi connectivity index (χ0) is 15.2. The van der Waals surface area contributed by atoms with Gasteiger partial charge in [-0.05, 0) is 13.3 Å². The summed E-state index contributed by atoms with van der Waals surface area (Å²) in [6.07, 6.45) is 0.388. The lowest BCUT2D eigenvalue weighted by molar-refractivity contribution is -0.141. The van der Waals surface area contributed by atoms with Crippen LogP contribution in [-0.4, -0.2) is 74.4 Å². The first-order valence-electron chi connectivity index (χ1n) is 7.65. The van der Waals surface area contributed by atoms with Gasteiger partial charge >= 0.3 is 0 Å². The minimum absolute atomic E-state index is 0.0291. The zero-order valence-corrected chi connectivity index (χ0v) is 12.8. The fourth-order valence-corrected chi connectivity index (χ4v) is 2.63. The summed E-state index contributed by atoms with van der Waals surface area (Å²) >= 11 is 0. The average molecular weight is 299 g/mol. The number of nitrogens with zero attached hydrogens (tertiary/aromatic N) is 1. The molecule has 0 aromatic carbocycles. The van der Waals surface area contributed by atoms with Gasteiger partial charge in [0.25, 0.3) is 0 Å². The molecular formula is C14H25N3O4.